The summed E-state index contributed by atoms with van der Waals surface area (Å²) in [6, 6.07) is 4.90. The van der Waals surface area contributed by atoms with Gasteiger partial charge in [-0.3, -0.25) is 10.1 Å². The van der Waals surface area contributed by atoms with Crippen LogP contribution >= 0.6 is 46.8 Å². The van der Waals surface area contributed by atoms with E-state index in [1.54, 1.807) is 6.07 Å². The van der Waals surface area contributed by atoms with Crippen LogP contribution in [0.5, 0.6) is 0 Å². The summed E-state index contributed by atoms with van der Waals surface area (Å²) in [6.45, 7) is 8.25. The molecule has 0 N–H and O–H groups in total. The van der Waals surface area contributed by atoms with Gasteiger partial charge in [0.1, 0.15) is 0 Å². The molecular weight excluding hydrogens is 355 g/mol. The summed E-state index contributed by atoms with van der Waals surface area (Å²) < 4.78 is 0.426. The first-order chi connectivity index (χ1) is 9.54. The molecule has 8 heteroatoms. The standard InChI is InChI=1S/C13H17Cl3N2O2S/c1-8(2)17(9(3)4)21-12-6-5-10(18(19)20)7-11(12)13(14,15)16/h5-9H,1-4H3. The highest BCUT2D eigenvalue weighted by Crippen LogP contribution is 2.45. The molecule has 0 bridgehead atoms. The monoisotopic (exact) mass is 370 g/mol. The third-order valence-electron chi connectivity index (χ3n) is 2.70. The van der Waals surface area contributed by atoms with Gasteiger partial charge in [-0.1, -0.05) is 34.8 Å². The molecule has 0 aromatic heterocycles. The van der Waals surface area contributed by atoms with Crippen molar-refractivity contribution in [3.63, 3.8) is 0 Å². The summed E-state index contributed by atoms with van der Waals surface area (Å²) in [4.78, 5) is 11.1. The van der Waals surface area contributed by atoms with Crippen LogP contribution in [0.2, 0.25) is 0 Å². The van der Waals surface area contributed by atoms with E-state index in [1.807, 2.05) is 0 Å². The van der Waals surface area contributed by atoms with Gasteiger partial charge >= 0.3 is 0 Å². The zero-order chi connectivity index (χ0) is 16.4. The van der Waals surface area contributed by atoms with Gasteiger partial charge in [-0.05, 0) is 45.7 Å². The molecule has 1 rings (SSSR count). The third-order valence-corrected chi connectivity index (χ3v) is 4.92. The molecule has 0 aliphatic carbocycles. The molecule has 0 spiro atoms. The summed E-state index contributed by atoms with van der Waals surface area (Å²) >= 11 is 19.3. The van der Waals surface area contributed by atoms with Gasteiger partial charge in [0.25, 0.3) is 5.69 Å². The third kappa shape index (κ3) is 5.18. The minimum absolute atomic E-state index is 0.0960. The molecule has 0 heterocycles. The van der Waals surface area contributed by atoms with Crippen LogP contribution in [-0.4, -0.2) is 21.3 Å². The highest BCUT2D eigenvalue weighted by Gasteiger charge is 2.30. The lowest BCUT2D eigenvalue weighted by molar-refractivity contribution is -0.385. The van der Waals surface area contributed by atoms with Crippen LogP contribution < -0.4 is 0 Å². The summed E-state index contributed by atoms with van der Waals surface area (Å²) in [5, 5.41) is 10.9. The Balaban J connectivity index is 3.26. The number of hydrogen-bond acceptors (Lipinski definition) is 4. The molecule has 4 nitrogen and oxygen atoms in total. The molecular formula is C13H17Cl3N2O2S. The average molecular weight is 372 g/mol. The van der Waals surface area contributed by atoms with Gasteiger partial charge in [-0.25, -0.2) is 4.31 Å². The predicted molar refractivity (Wildman–Crippen MR) is 90.3 cm³/mol. The quantitative estimate of drug-likeness (QED) is 0.295. The normalized spacial score (nSPS) is 12.5. The van der Waals surface area contributed by atoms with Crippen molar-refractivity contribution in [2.45, 2.75) is 48.5 Å². The average Bonchev–Trinajstić information content (AvgIpc) is 2.33. The van der Waals surface area contributed by atoms with Gasteiger partial charge in [0.2, 0.25) is 3.79 Å². The second-order valence-electron chi connectivity index (χ2n) is 5.07. The largest absolute Gasteiger partial charge is 0.269 e. The highest BCUT2D eigenvalue weighted by molar-refractivity contribution is 7.97. The molecule has 0 saturated carbocycles. The van der Waals surface area contributed by atoms with Crippen LogP contribution in [0.1, 0.15) is 33.3 Å². The summed E-state index contributed by atoms with van der Waals surface area (Å²) in [7, 11) is 0. The minimum atomic E-state index is -1.71. The van der Waals surface area contributed by atoms with Crippen molar-refractivity contribution in [2.75, 3.05) is 0 Å². The molecule has 0 atom stereocenters. The van der Waals surface area contributed by atoms with Crippen molar-refractivity contribution in [1.82, 2.24) is 4.31 Å². The Morgan fingerprint density at radius 1 is 1.19 bits per heavy atom. The SMILES string of the molecule is CC(C)N(Sc1ccc([N+](=O)[O-])cc1C(Cl)(Cl)Cl)C(C)C. The van der Waals surface area contributed by atoms with E-state index < -0.39 is 8.72 Å². The Labute approximate surface area is 144 Å². The van der Waals surface area contributed by atoms with E-state index in [0.717, 1.165) is 0 Å². The Morgan fingerprint density at radius 2 is 1.71 bits per heavy atom. The molecule has 0 saturated heterocycles. The van der Waals surface area contributed by atoms with Crippen molar-refractivity contribution in [3.05, 3.63) is 33.9 Å². The maximum Gasteiger partial charge on any atom is 0.269 e. The van der Waals surface area contributed by atoms with Crippen LogP contribution in [0.15, 0.2) is 23.1 Å². The van der Waals surface area contributed by atoms with Gasteiger partial charge in [0.15, 0.2) is 0 Å². The van der Waals surface area contributed by atoms with E-state index in [4.69, 9.17) is 34.8 Å². The number of nitro benzene ring substituents is 1. The fraction of sp³-hybridized carbons (Fsp3) is 0.538. The van der Waals surface area contributed by atoms with Gasteiger partial charge in [0.05, 0.1) is 4.92 Å². The Bertz CT molecular complexity index is 511. The maximum absolute atomic E-state index is 10.9. The first kappa shape index (κ1) is 18.8. The smallest absolute Gasteiger partial charge is 0.258 e. The second kappa shape index (κ2) is 7.38. The summed E-state index contributed by atoms with van der Waals surface area (Å²) in [5.74, 6) is 0. The minimum Gasteiger partial charge on any atom is -0.258 e. The van der Waals surface area contributed by atoms with Crippen LogP contribution in [-0.2, 0) is 3.79 Å². The van der Waals surface area contributed by atoms with Gasteiger partial charge in [-0.2, -0.15) is 0 Å². The topological polar surface area (TPSA) is 46.4 Å². The number of alkyl halides is 3. The first-order valence-electron chi connectivity index (χ1n) is 6.36. The number of benzene rings is 1. The molecule has 0 amide bonds. The lowest BCUT2D eigenvalue weighted by Gasteiger charge is -2.30. The predicted octanol–water partition coefficient (Wildman–Crippen LogP) is 5.55. The Hall–Kier alpha value is -0.200. The molecule has 1 aromatic carbocycles. The summed E-state index contributed by atoms with van der Waals surface area (Å²) in [5.41, 5.74) is 0.222. The number of non-ortho nitro benzene ring substituents is 1. The van der Waals surface area contributed by atoms with E-state index in [-0.39, 0.29) is 17.8 Å². The van der Waals surface area contributed by atoms with E-state index in [2.05, 4.69) is 32.0 Å². The van der Waals surface area contributed by atoms with Crippen LogP contribution in [0.4, 0.5) is 5.69 Å². The van der Waals surface area contributed by atoms with Crippen molar-refractivity contribution < 1.29 is 4.92 Å². The van der Waals surface area contributed by atoms with Gasteiger partial charge in [-0.15, -0.1) is 0 Å². The first-order valence-corrected chi connectivity index (χ1v) is 8.26. The number of halogens is 3. The Kier molecular flexibility index (Phi) is 6.62. The zero-order valence-corrected chi connectivity index (χ0v) is 15.2. The van der Waals surface area contributed by atoms with E-state index >= 15 is 0 Å². The Morgan fingerprint density at radius 3 is 2.10 bits per heavy atom. The fourth-order valence-corrected chi connectivity index (χ4v) is 3.58. The zero-order valence-electron chi connectivity index (χ0n) is 12.1. The fourth-order valence-electron chi connectivity index (χ4n) is 1.85. The molecule has 1 aromatic rings. The van der Waals surface area contributed by atoms with E-state index in [9.17, 15) is 10.1 Å². The molecule has 0 aliphatic rings. The number of nitrogens with zero attached hydrogens (tertiary/aromatic N) is 2. The highest BCUT2D eigenvalue weighted by atomic mass is 35.6. The van der Waals surface area contributed by atoms with Crippen molar-refractivity contribution >= 4 is 52.4 Å². The second-order valence-corrected chi connectivity index (χ2v) is 8.40. The van der Waals surface area contributed by atoms with E-state index in [1.165, 1.54) is 24.1 Å². The molecule has 21 heavy (non-hydrogen) atoms. The summed E-state index contributed by atoms with van der Waals surface area (Å²) in [6.07, 6.45) is 0. The number of rotatable bonds is 5. The van der Waals surface area contributed by atoms with Crippen LogP contribution in [0.3, 0.4) is 0 Å². The van der Waals surface area contributed by atoms with Crippen molar-refractivity contribution in [2.24, 2.45) is 0 Å². The number of hydrogen-bond donors (Lipinski definition) is 0. The molecule has 0 radical (unpaired) electrons. The molecule has 118 valence electrons. The molecule has 0 unspecified atom stereocenters. The molecule has 0 aliphatic heterocycles. The maximum atomic E-state index is 10.9. The van der Waals surface area contributed by atoms with Crippen LogP contribution in [0.25, 0.3) is 0 Å². The number of nitro groups is 1. The van der Waals surface area contributed by atoms with Crippen molar-refractivity contribution in [1.29, 1.82) is 0 Å². The van der Waals surface area contributed by atoms with Gasteiger partial charge in [0, 0.05) is 34.7 Å². The lowest BCUT2D eigenvalue weighted by Crippen LogP contribution is -2.30. The molecule has 0 fully saturated rings. The van der Waals surface area contributed by atoms with E-state index in [0.29, 0.717) is 10.5 Å². The van der Waals surface area contributed by atoms with Crippen LogP contribution in [0, 0.1) is 10.1 Å². The lowest BCUT2D eigenvalue weighted by atomic mass is 10.2. The van der Waals surface area contributed by atoms with Crippen molar-refractivity contribution in [3.8, 4) is 0 Å². The van der Waals surface area contributed by atoms with Gasteiger partial charge < -0.3 is 0 Å².